The van der Waals surface area contributed by atoms with Gasteiger partial charge < -0.3 is 14.2 Å². The molecule has 0 radical (unpaired) electrons. The Bertz CT molecular complexity index is 1290. The highest BCUT2D eigenvalue weighted by Crippen LogP contribution is 2.57. The van der Waals surface area contributed by atoms with E-state index in [9.17, 15) is 22.4 Å². The van der Waals surface area contributed by atoms with E-state index in [1.54, 1.807) is 30.3 Å². The third-order valence-corrected chi connectivity index (χ3v) is 7.57. The average molecular weight is 519 g/mol. The van der Waals surface area contributed by atoms with Crippen LogP contribution in [0.3, 0.4) is 0 Å². The Hall–Kier alpha value is -3.40. The minimum Gasteiger partial charge on any atom is -0.496 e. The third kappa shape index (κ3) is 4.47. The lowest BCUT2D eigenvalue weighted by atomic mass is 9.76. The maximum Gasteiger partial charge on any atom is 0.450 e. The van der Waals surface area contributed by atoms with Crippen molar-refractivity contribution in [1.29, 1.82) is 0 Å². The van der Waals surface area contributed by atoms with Crippen LogP contribution in [0.2, 0.25) is 0 Å². The van der Waals surface area contributed by atoms with Crippen LogP contribution < -0.4 is 4.74 Å². The van der Waals surface area contributed by atoms with Gasteiger partial charge in [0.25, 0.3) is 0 Å². The summed E-state index contributed by atoms with van der Waals surface area (Å²) < 4.78 is 72.2. The molecule has 3 aromatic rings. The summed E-state index contributed by atoms with van der Waals surface area (Å²) in [5, 5.41) is 0. The van der Waals surface area contributed by atoms with Gasteiger partial charge in [-0.25, -0.2) is 9.37 Å². The highest BCUT2D eigenvalue weighted by atomic mass is 19.4. The van der Waals surface area contributed by atoms with Gasteiger partial charge in [-0.15, -0.1) is 0 Å². The van der Waals surface area contributed by atoms with Gasteiger partial charge >= 0.3 is 12.1 Å². The lowest BCUT2D eigenvalue weighted by molar-refractivity contribution is -0.147. The Morgan fingerprint density at radius 3 is 2.59 bits per heavy atom. The van der Waals surface area contributed by atoms with E-state index in [2.05, 4.69) is 4.98 Å². The van der Waals surface area contributed by atoms with Crippen LogP contribution in [0.15, 0.2) is 54.9 Å². The molecule has 2 aromatic carbocycles. The van der Waals surface area contributed by atoms with Gasteiger partial charge in [0.15, 0.2) is 0 Å². The van der Waals surface area contributed by atoms with Crippen molar-refractivity contribution in [3.8, 4) is 11.4 Å². The molecule has 1 aliphatic heterocycles. The van der Waals surface area contributed by atoms with Gasteiger partial charge in [-0.3, -0.25) is 9.36 Å². The zero-order valence-electron chi connectivity index (χ0n) is 20.3. The third-order valence-electron chi connectivity index (χ3n) is 7.57. The van der Waals surface area contributed by atoms with Crippen molar-refractivity contribution in [3.05, 3.63) is 77.6 Å². The Labute approximate surface area is 211 Å². The number of aromatic nitrogens is 2. The predicted octanol–water partition coefficient (Wildman–Crippen LogP) is 5.65. The standard InChI is InChI=1S/C27H26F4N2O4/c1-35-22-8-7-19(33-12-11-32-25(33)27(29,30)31)13-21(22)17-14-26(37-15-17)10-9-20(24(34)36-2)23(26)16-3-5-18(28)6-4-16/h3-8,11-13,17,20,23H,9-10,14-15H2,1-2H3. The van der Waals surface area contributed by atoms with Crippen molar-refractivity contribution in [2.24, 2.45) is 5.92 Å². The number of hydrogen-bond acceptors (Lipinski definition) is 5. The first-order valence-corrected chi connectivity index (χ1v) is 11.9. The van der Waals surface area contributed by atoms with Crippen molar-refractivity contribution < 1.29 is 36.6 Å². The molecular formula is C27H26F4N2O4. The summed E-state index contributed by atoms with van der Waals surface area (Å²) in [6, 6.07) is 10.9. The van der Waals surface area contributed by atoms with E-state index in [4.69, 9.17) is 14.2 Å². The van der Waals surface area contributed by atoms with Crippen molar-refractivity contribution in [2.75, 3.05) is 20.8 Å². The number of methoxy groups -OCH3 is 2. The van der Waals surface area contributed by atoms with Crippen LogP contribution in [0, 0.1) is 11.7 Å². The number of hydrogen-bond donors (Lipinski definition) is 0. The molecule has 0 bridgehead atoms. The summed E-state index contributed by atoms with van der Waals surface area (Å²) >= 11 is 0. The minimum absolute atomic E-state index is 0.202. The molecule has 0 N–H and O–H groups in total. The van der Waals surface area contributed by atoms with E-state index >= 15 is 0 Å². The van der Waals surface area contributed by atoms with Crippen LogP contribution in [-0.4, -0.2) is 41.9 Å². The number of halogens is 4. The summed E-state index contributed by atoms with van der Waals surface area (Å²) in [5.41, 5.74) is 1.08. The average Bonchev–Trinajstić information content (AvgIpc) is 3.63. The molecule has 1 saturated carbocycles. The number of carbonyl (C=O) groups excluding carboxylic acids is 1. The Kier molecular flexibility index (Phi) is 6.47. The number of carbonyl (C=O) groups is 1. The molecule has 2 fully saturated rings. The summed E-state index contributed by atoms with van der Waals surface area (Å²) in [4.78, 5) is 16.2. The molecule has 1 aromatic heterocycles. The van der Waals surface area contributed by atoms with Crippen LogP contribution in [0.4, 0.5) is 17.6 Å². The van der Waals surface area contributed by atoms with Gasteiger partial charge in [-0.05, 0) is 55.2 Å². The quantitative estimate of drug-likeness (QED) is 0.323. The summed E-state index contributed by atoms with van der Waals surface area (Å²) in [7, 11) is 2.85. The number of ether oxygens (including phenoxy) is 3. The molecule has 1 saturated heterocycles. The van der Waals surface area contributed by atoms with Gasteiger partial charge in [0.1, 0.15) is 11.6 Å². The Balaban J connectivity index is 1.51. The van der Waals surface area contributed by atoms with Crippen molar-refractivity contribution >= 4 is 5.97 Å². The lowest BCUT2D eigenvalue weighted by Crippen LogP contribution is -2.35. The molecule has 10 heteroatoms. The molecule has 0 amide bonds. The van der Waals surface area contributed by atoms with Gasteiger partial charge in [0, 0.05) is 35.5 Å². The molecule has 2 aliphatic rings. The molecule has 4 unspecified atom stereocenters. The normalized spacial score (nSPS) is 25.5. The molecule has 5 rings (SSSR count). The minimum atomic E-state index is -4.61. The number of alkyl halides is 3. The Morgan fingerprint density at radius 2 is 1.92 bits per heavy atom. The van der Waals surface area contributed by atoms with Crippen LogP contribution in [0.25, 0.3) is 5.69 Å². The van der Waals surface area contributed by atoms with Crippen molar-refractivity contribution in [3.63, 3.8) is 0 Å². The lowest BCUT2D eigenvalue weighted by Gasteiger charge is -2.33. The zero-order valence-corrected chi connectivity index (χ0v) is 20.3. The van der Waals surface area contributed by atoms with Crippen LogP contribution in [0.5, 0.6) is 5.75 Å². The van der Waals surface area contributed by atoms with Gasteiger partial charge in [-0.2, -0.15) is 13.2 Å². The number of nitrogens with zero attached hydrogens (tertiary/aromatic N) is 2. The molecule has 1 spiro atoms. The molecule has 6 nitrogen and oxygen atoms in total. The number of benzene rings is 2. The van der Waals surface area contributed by atoms with Gasteiger partial charge in [0.2, 0.25) is 5.82 Å². The predicted molar refractivity (Wildman–Crippen MR) is 125 cm³/mol. The molecule has 1 aliphatic carbocycles. The van der Waals surface area contributed by atoms with Crippen LogP contribution >= 0.6 is 0 Å². The number of esters is 1. The first-order valence-electron chi connectivity index (χ1n) is 11.9. The van der Waals surface area contributed by atoms with E-state index in [1.807, 2.05) is 0 Å². The maximum absolute atomic E-state index is 13.7. The molecule has 4 atom stereocenters. The summed E-state index contributed by atoms with van der Waals surface area (Å²) in [6.07, 6.45) is -0.587. The highest BCUT2D eigenvalue weighted by molar-refractivity contribution is 5.74. The second-order valence-electron chi connectivity index (χ2n) is 9.52. The molecule has 2 heterocycles. The van der Waals surface area contributed by atoms with E-state index in [0.717, 1.165) is 16.3 Å². The number of imidazole rings is 1. The number of rotatable bonds is 5. The first-order chi connectivity index (χ1) is 17.7. The molecule has 196 valence electrons. The largest absolute Gasteiger partial charge is 0.496 e. The second kappa shape index (κ2) is 9.48. The molecule has 37 heavy (non-hydrogen) atoms. The fraction of sp³-hybridized carbons (Fsp3) is 0.407. The highest BCUT2D eigenvalue weighted by Gasteiger charge is 2.56. The van der Waals surface area contributed by atoms with Gasteiger partial charge in [0.05, 0.1) is 32.3 Å². The van der Waals surface area contributed by atoms with Crippen molar-refractivity contribution in [2.45, 2.75) is 42.9 Å². The van der Waals surface area contributed by atoms with Crippen molar-refractivity contribution in [1.82, 2.24) is 9.55 Å². The first kappa shape index (κ1) is 25.3. The summed E-state index contributed by atoms with van der Waals surface area (Å²) in [6.45, 7) is 0.293. The van der Waals surface area contributed by atoms with Gasteiger partial charge in [-0.1, -0.05) is 12.1 Å². The van der Waals surface area contributed by atoms with E-state index in [1.165, 1.54) is 32.5 Å². The SMILES string of the molecule is COC(=O)C1CCC2(CC(c3cc(-n4ccnc4C(F)(F)F)ccc3OC)CO2)C1c1ccc(F)cc1. The van der Waals surface area contributed by atoms with E-state index < -0.39 is 23.5 Å². The maximum atomic E-state index is 13.7. The topological polar surface area (TPSA) is 62.6 Å². The fourth-order valence-corrected chi connectivity index (χ4v) is 6.00. The summed E-state index contributed by atoms with van der Waals surface area (Å²) in [5.74, 6) is -2.23. The Morgan fingerprint density at radius 1 is 1.16 bits per heavy atom. The van der Waals surface area contributed by atoms with Crippen LogP contribution in [0.1, 0.15) is 48.0 Å². The monoisotopic (exact) mass is 518 g/mol. The zero-order chi connectivity index (χ0) is 26.4. The second-order valence-corrected chi connectivity index (χ2v) is 9.52. The van der Waals surface area contributed by atoms with Crippen LogP contribution in [-0.2, 0) is 20.4 Å². The fourth-order valence-electron chi connectivity index (χ4n) is 6.00. The molecular weight excluding hydrogens is 492 g/mol. The van der Waals surface area contributed by atoms with E-state index in [0.29, 0.717) is 42.9 Å². The van der Waals surface area contributed by atoms with E-state index in [-0.39, 0.29) is 23.6 Å². The smallest absolute Gasteiger partial charge is 0.450 e.